The van der Waals surface area contributed by atoms with Crippen LogP contribution in [-0.2, 0) is 6.61 Å². The molecule has 2 radical (unpaired) electrons. The molecule has 0 amide bonds. The summed E-state index contributed by atoms with van der Waals surface area (Å²) < 4.78 is 0. The maximum Gasteiger partial charge on any atom is 0.159 e. The van der Waals surface area contributed by atoms with Crippen LogP contribution in [0.5, 0.6) is 0 Å². The van der Waals surface area contributed by atoms with Crippen molar-refractivity contribution < 1.29 is 9.90 Å². The summed E-state index contributed by atoms with van der Waals surface area (Å²) in [4.78, 5) is 10.9. The van der Waals surface area contributed by atoms with E-state index in [4.69, 9.17) is 13.0 Å². The number of carbonyl (C=O) groups excluding carboxylic acids is 1. The van der Waals surface area contributed by atoms with Crippen molar-refractivity contribution >= 4 is 19.1 Å². The Labute approximate surface area is 72.6 Å². The zero-order valence-electron chi connectivity index (χ0n) is 6.87. The summed E-state index contributed by atoms with van der Waals surface area (Å²) in [5.74, 6) is -0.0220. The van der Waals surface area contributed by atoms with E-state index >= 15 is 0 Å². The highest BCUT2D eigenvalue weighted by atomic mass is 16.3. The summed E-state index contributed by atoms with van der Waals surface area (Å²) in [7, 11) is 5.56. The molecule has 60 valence electrons. The molecule has 0 aliphatic rings. The van der Waals surface area contributed by atoms with Crippen molar-refractivity contribution in [1.82, 2.24) is 0 Å². The van der Waals surface area contributed by atoms with Crippen LogP contribution in [0, 0.1) is 0 Å². The second-order valence-corrected chi connectivity index (χ2v) is 2.63. The second kappa shape index (κ2) is 3.54. The molecule has 0 saturated heterocycles. The molecule has 0 bridgehead atoms. The zero-order chi connectivity index (χ0) is 9.14. The van der Waals surface area contributed by atoms with Gasteiger partial charge in [0.05, 0.1) is 6.61 Å². The summed E-state index contributed by atoms with van der Waals surface area (Å²) in [6, 6.07) is 4.89. The Morgan fingerprint density at radius 2 is 2.25 bits per heavy atom. The maximum absolute atomic E-state index is 10.9. The van der Waals surface area contributed by atoms with E-state index in [1.54, 1.807) is 18.2 Å². The fraction of sp³-hybridized carbons (Fsp3) is 0.222. The predicted molar refractivity (Wildman–Crippen MR) is 47.8 cm³/mol. The van der Waals surface area contributed by atoms with Gasteiger partial charge >= 0.3 is 0 Å². The lowest BCUT2D eigenvalue weighted by Gasteiger charge is -2.03. The van der Waals surface area contributed by atoms with Gasteiger partial charge in [-0.3, -0.25) is 4.79 Å². The first-order valence-corrected chi connectivity index (χ1v) is 3.65. The van der Waals surface area contributed by atoms with Crippen LogP contribution in [0.3, 0.4) is 0 Å². The summed E-state index contributed by atoms with van der Waals surface area (Å²) in [5.41, 5.74) is 1.69. The molecule has 1 aromatic rings. The number of Topliss-reactive ketones (excluding diaryl/α,β-unsaturated/α-hetero) is 1. The van der Waals surface area contributed by atoms with E-state index in [9.17, 15) is 4.79 Å². The average molecular weight is 160 g/mol. The monoisotopic (exact) mass is 160 g/mol. The van der Waals surface area contributed by atoms with E-state index in [2.05, 4.69) is 0 Å². The Kier molecular flexibility index (Phi) is 2.66. The van der Waals surface area contributed by atoms with Crippen molar-refractivity contribution in [3.63, 3.8) is 0 Å². The van der Waals surface area contributed by atoms with E-state index in [1.165, 1.54) is 6.92 Å². The van der Waals surface area contributed by atoms with E-state index in [0.717, 1.165) is 0 Å². The van der Waals surface area contributed by atoms with E-state index in [1.807, 2.05) is 0 Å². The first-order chi connectivity index (χ1) is 5.65. The van der Waals surface area contributed by atoms with E-state index in [-0.39, 0.29) is 12.4 Å². The Hall–Kier alpha value is -1.09. The van der Waals surface area contributed by atoms with Crippen LogP contribution in [0.2, 0.25) is 0 Å². The van der Waals surface area contributed by atoms with Gasteiger partial charge in [-0.15, -0.1) is 0 Å². The molecule has 1 N–H and O–H groups in total. The van der Waals surface area contributed by atoms with Gasteiger partial charge in [-0.2, -0.15) is 0 Å². The van der Waals surface area contributed by atoms with Crippen molar-refractivity contribution in [3.05, 3.63) is 29.3 Å². The Bertz CT molecular complexity index is 307. The molecule has 0 spiro atoms. The van der Waals surface area contributed by atoms with Gasteiger partial charge in [0, 0.05) is 5.56 Å². The van der Waals surface area contributed by atoms with Gasteiger partial charge in [0.25, 0.3) is 0 Å². The van der Waals surface area contributed by atoms with Gasteiger partial charge in [0.1, 0.15) is 7.85 Å². The minimum absolute atomic E-state index is 0.0220. The molecule has 0 atom stereocenters. The van der Waals surface area contributed by atoms with Crippen LogP contribution in [0.15, 0.2) is 18.2 Å². The highest BCUT2D eigenvalue weighted by molar-refractivity contribution is 6.33. The fourth-order valence-electron chi connectivity index (χ4n) is 0.958. The lowest BCUT2D eigenvalue weighted by molar-refractivity contribution is 0.101. The van der Waals surface area contributed by atoms with E-state index in [0.29, 0.717) is 16.6 Å². The van der Waals surface area contributed by atoms with Crippen LogP contribution < -0.4 is 5.46 Å². The molecule has 0 saturated carbocycles. The molecule has 12 heavy (non-hydrogen) atoms. The molecule has 0 heterocycles. The van der Waals surface area contributed by atoms with Crippen molar-refractivity contribution in [1.29, 1.82) is 0 Å². The molecule has 3 heteroatoms. The smallest absolute Gasteiger partial charge is 0.159 e. The van der Waals surface area contributed by atoms with Gasteiger partial charge in [-0.1, -0.05) is 23.7 Å². The van der Waals surface area contributed by atoms with Crippen LogP contribution in [0.25, 0.3) is 0 Å². The third-order valence-corrected chi connectivity index (χ3v) is 1.72. The molecular formula is C9H9BO2. The van der Waals surface area contributed by atoms with Crippen LogP contribution in [0.4, 0.5) is 0 Å². The van der Waals surface area contributed by atoms with Gasteiger partial charge in [0.15, 0.2) is 5.78 Å². The Morgan fingerprint density at radius 1 is 1.58 bits per heavy atom. The molecule has 0 fully saturated rings. The van der Waals surface area contributed by atoms with Crippen molar-refractivity contribution in [2.75, 3.05) is 0 Å². The number of rotatable bonds is 2. The quantitative estimate of drug-likeness (QED) is 0.494. The molecule has 0 aliphatic carbocycles. The average Bonchev–Trinajstić information content (AvgIpc) is 2.04. The number of aliphatic hydroxyl groups is 1. The first kappa shape index (κ1) is 9.01. The molecule has 0 aromatic heterocycles. The summed E-state index contributed by atoms with van der Waals surface area (Å²) >= 11 is 0. The maximum atomic E-state index is 10.9. The Balaban J connectivity index is 3.10. The lowest BCUT2D eigenvalue weighted by atomic mass is 9.88. The van der Waals surface area contributed by atoms with Crippen molar-refractivity contribution in [3.8, 4) is 0 Å². The highest BCUT2D eigenvalue weighted by Crippen LogP contribution is 2.01. The van der Waals surface area contributed by atoms with Crippen molar-refractivity contribution in [2.24, 2.45) is 0 Å². The summed E-state index contributed by atoms with van der Waals surface area (Å²) in [6.45, 7) is 1.39. The predicted octanol–water partition coefficient (Wildman–Crippen LogP) is 0.175. The standard InChI is InChI=1S/C9H9BO2/c1-6(12)7-2-3-8(5-11)9(10)4-7/h2-4,11H,5H2,1H3. The zero-order valence-corrected chi connectivity index (χ0v) is 6.87. The van der Waals surface area contributed by atoms with E-state index < -0.39 is 0 Å². The number of aliphatic hydroxyl groups excluding tert-OH is 1. The molecular weight excluding hydrogens is 151 g/mol. The largest absolute Gasteiger partial charge is 0.392 e. The fourth-order valence-corrected chi connectivity index (χ4v) is 0.958. The molecule has 0 unspecified atom stereocenters. The molecule has 1 aromatic carbocycles. The van der Waals surface area contributed by atoms with Crippen LogP contribution in [-0.4, -0.2) is 18.7 Å². The van der Waals surface area contributed by atoms with Gasteiger partial charge < -0.3 is 5.11 Å². The summed E-state index contributed by atoms with van der Waals surface area (Å²) in [5, 5.41) is 8.78. The number of hydrogen-bond donors (Lipinski definition) is 1. The van der Waals surface area contributed by atoms with Crippen LogP contribution >= 0.6 is 0 Å². The normalized spacial score (nSPS) is 9.83. The lowest BCUT2D eigenvalue weighted by Crippen LogP contribution is -2.12. The van der Waals surface area contributed by atoms with Crippen LogP contribution in [0.1, 0.15) is 22.8 Å². The van der Waals surface area contributed by atoms with Crippen molar-refractivity contribution in [2.45, 2.75) is 13.5 Å². The number of carbonyl (C=O) groups is 1. The SMILES string of the molecule is [B]c1cc(C(C)=O)ccc1CO. The molecule has 2 nitrogen and oxygen atoms in total. The number of benzene rings is 1. The third kappa shape index (κ3) is 1.74. The number of ketones is 1. The minimum atomic E-state index is -0.0932. The third-order valence-electron chi connectivity index (χ3n) is 1.72. The van der Waals surface area contributed by atoms with Gasteiger partial charge in [-0.25, -0.2) is 0 Å². The topological polar surface area (TPSA) is 37.3 Å². The second-order valence-electron chi connectivity index (χ2n) is 2.63. The Morgan fingerprint density at radius 3 is 2.67 bits per heavy atom. The minimum Gasteiger partial charge on any atom is -0.392 e. The van der Waals surface area contributed by atoms with Gasteiger partial charge in [0.2, 0.25) is 0 Å². The highest BCUT2D eigenvalue weighted by Gasteiger charge is 2.01. The number of hydrogen-bond acceptors (Lipinski definition) is 2. The summed E-state index contributed by atoms with van der Waals surface area (Å²) in [6.07, 6.45) is 0. The molecule has 1 rings (SSSR count). The van der Waals surface area contributed by atoms with Gasteiger partial charge in [-0.05, 0) is 12.5 Å². The first-order valence-electron chi connectivity index (χ1n) is 3.65. The molecule has 0 aliphatic heterocycles.